The summed E-state index contributed by atoms with van der Waals surface area (Å²) >= 11 is 0. The number of likely N-dealkylation sites (N-methyl/N-ethyl adjacent to an activating group) is 1. The maximum atomic E-state index is 5.67. The van der Waals surface area contributed by atoms with Crippen molar-refractivity contribution in [2.75, 3.05) is 27.2 Å². The second-order valence-corrected chi connectivity index (χ2v) is 5.47. The Bertz CT molecular complexity index is 365. The zero-order chi connectivity index (χ0) is 13.0. The highest BCUT2D eigenvalue weighted by Crippen LogP contribution is 2.35. The number of hydrogen-bond acceptors (Lipinski definition) is 4. The molecule has 0 atom stereocenters. The first-order valence-corrected chi connectivity index (χ1v) is 6.99. The molecule has 1 aliphatic rings. The highest BCUT2D eigenvalue weighted by Gasteiger charge is 2.25. The van der Waals surface area contributed by atoms with E-state index in [2.05, 4.69) is 34.0 Å². The minimum Gasteiger partial charge on any atom is -0.330 e. The van der Waals surface area contributed by atoms with Crippen LogP contribution >= 0.6 is 0 Å². The van der Waals surface area contributed by atoms with E-state index in [4.69, 9.17) is 5.73 Å². The van der Waals surface area contributed by atoms with Crippen molar-refractivity contribution in [1.82, 2.24) is 19.9 Å². The van der Waals surface area contributed by atoms with Gasteiger partial charge in [-0.3, -0.25) is 0 Å². The molecule has 0 spiro atoms. The van der Waals surface area contributed by atoms with Crippen molar-refractivity contribution in [3.8, 4) is 0 Å². The van der Waals surface area contributed by atoms with Gasteiger partial charge in [0.15, 0.2) is 0 Å². The van der Waals surface area contributed by atoms with E-state index in [0.717, 1.165) is 25.2 Å². The van der Waals surface area contributed by atoms with E-state index in [0.29, 0.717) is 12.5 Å². The summed E-state index contributed by atoms with van der Waals surface area (Å²) in [5.41, 5.74) is 8.16. The number of aromatic nitrogens is 3. The minimum absolute atomic E-state index is 0.656. The Morgan fingerprint density at radius 2 is 2.06 bits per heavy atom. The standard InChI is InChI=1S/C13H25N5/c1-17(2)9-10-18-13(11-5-3-4-6-11)12(7-8-14)15-16-18/h11H,3-10,14H2,1-2H3. The molecule has 0 amide bonds. The Morgan fingerprint density at radius 3 is 2.67 bits per heavy atom. The Morgan fingerprint density at radius 1 is 1.33 bits per heavy atom. The fraction of sp³-hybridized carbons (Fsp3) is 0.846. The molecular formula is C13H25N5. The van der Waals surface area contributed by atoms with E-state index in [1.165, 1.54) is 31.4 Å². The summed E-state index contributed by atoms with van der Waals surface area (Å²) in [5.74, 6) is 0.656. The van der Waals surface area contributed by atoms with Crippen LogP contribution < -0.4 is 5.73 Å². The van der Waals surface area contributed by atoms with Gasteiger partial charge in [-0.2, -0.15) is 0 Å². The van der Waals surface area contributed by atoms with E-state index < -0.39 is 0 Å². The van der Waals surface area contributed by atoms with Crippen LogP contribution in [0, 0.1) is 0 Å². The molecule has 2 rings (SSSR count). The van der Waals surface area contributed by atoms with Crippen molar-refractivity contribution in [1.29, 1.82) is 0 Å². The van der Waals surface area contributed by atoms with Crippen molar-refractivity contribution >= 4 is 0 Å². The second-order valence-electron chi connectivity index (χ2n) is 5.47. The quantitative estimate of drug-likeness (QED) is 0.819. The van der Waals surface area contributed by atoms with Crippen LogP contribution in [0.15, 0.2) is 0 Å². The van der Waals surface area contributed by atoms with Gasteiger partial charge in [0, 0.05) is 18.9 Å². The molecule has 1 aromatic rings. The molecule has 1 aromatic heterocycles. The van der Waals surface area contributed by atoms with E-state index in [1.54, 1.807) is 0 Å². The Hall–Kier alpha value is -0.940. The third-order valence-corrected chi connectivity index (χ3v) is 3.73. The van der Waals surface area contributed by atoms with Crippen LogP contribution in [0.4, 0.5) is 0 Å². The lowest BCUT2D eigenvalue weighted by atomic mass is 10.0. The molecule has 5 nitrogen and oxygen atoms in total. The van der Waals surface area contributed by atoms with Crippen LogP contribution in [0.25, 0.3) is 0 Å². The predicted octanol–water partition coefficient (Wildman–Crippen LogP) is 0.998. The normalized spacial score (nSPS) is 16.9. The average molecular weight is 251 g/mol. The number of hydrogen-bond donors (Lipinski definition) is 1. The summed E-state index contributed by atoms with van der Waals surface area (Å²) < 4.78 is 2.11. The van der Waals surface area contributed by atoms with Crippen molar-refractivity contribution in [2.24, 2.45) is 5.73 Å². The second kappa shape index (κ2) is 6.29. The Labute approximate surface area is 109 Å². The molecule has 0 unspecified atom stereocenters. The van der Waals surface area contributed by atoms with Gasteiger partial charge in [0.2, 0.25) is 0 Å². The summed E-state index contributed by atoms with van der Waals surface area (Å²) in [7, 11) is 4.18. The van der Waals surface area contributed by atoms with Gasteiger partial charge in [0.25, 0.3) is 0 Å². The topological polar surface area (TPSA) is 60.0 Å². The molecule has 1 fully saturated rings. The Balaban J connectivity index is 2.16. The average Bonchev–Trinajstić information content (AvgIpc) is 2.95. The lowest BCUT2D eigenvalue weighted by molar-refractivity contribution is 0.363. The number of nitrogens with two attached hydrogens (primary N) is 1. The smallest absolute Gasteiger partial charge is 0.0874 e. The molecule has 102 valence electrons. The summed E-state index contributed by atoms with van der Waals surface area (Å²) in [6, 6.07) is 0. The van der Waals surface area contributed by atoms with E-state index >= 15 is 0 Å². The van der Waals surface area contributed by atoms with Crippen molar-refractivity contribution in [2.45, 2.75) is 44.6 Å². The number of nitrogens with zero attached hydrogens (tertiary/aromatic N) is 4. The maximum Gasteiger partial charge on any atom is 0.0874 e. The van der Waals surface area contributed by atoms with Crippen LogP contribution in [-0.2, 0) is 13.0 Å². The van der Waals surface area contributed by atoms with Crippen molar-refractivity contribution < 1.29 is 0 Å². The Kier molecular flexibility index (Phi) is 4.72. The largest absolute Gasteiger partial charge is 0.330 e. The predicted molar refractivity (Wildman–Crippen MR) is 72.5 cm³/mol. The van der Waals surface area contributed by atoms with E-state index in [1.807, 2.05) is 0 Å². The lowest BCUT2D eigenvalue weighted by Gasteiger charge is -2.15. The molecule has 1 aliphatic carbocycles. The molecule has 2 N–H and O–H groups in total. The van der Waals surface area contributed by atoms with Gasteiger partial charge in [-0.05, 0) is 33.5 Å². The molecule has 0 aromatic carbocycles. The van der Waals surface area contributed by atoms with Crippen LogP contribution in [0.5, 0.6) is 0 Å². The molecule has 5 heteroatoms. The molecule has 0 radical (unpaired) electrons. The first kappa shape index (κ1) is 13.5. The molecule has 0 saturated heterocycles. The molecule has 0 aliphatic heterocycles. The van der Waals surface area contributed by atoms with Crippen molar-refractivity contribution in [3.05, 3.63) is 11.4 Å². The van der Waals surface area contributed by atoms with Crippen LogP contribution in [0.3, 0.4) is 0 Å². The fourth-order valence-electron chi connectivity index (χ4n) is 2.78. The third-order valence-electron chi connectivity index (χ3n) is 3.73. The first-order chi connectivity index (χ1) is 8.72. The number of rotatable bonds is 6. The van der Waals surface area contributed by atoms with Gasteiger partial charge in [0.1, 0.15) is 0 Å². The summed E-state index contributed by atoms with van der Waals surface area (Å²) in [6.07, 6.45) is 6.10. The molecule has 1 saturated carbocycles. The van der Waals surface area contributed by atoms with Crippen LogP contribution in [0.2, 0.25) is 0 Å². The van der Waals surface area contributed by atoms with Gasteiger partial charge in [-0.1, -0.05) is 18.1 Å². The molecular weight excluding hydrogens is 226 g/mol. The first-order valence-electron chi connectivity index (χ1n) is 6.99. The molecule has 18 heavy (non-hydrogen) atoms. The van der Waals surface area contributed by atoms with Crippen LogP contribution in [-0.4, -0.2) is 47.1 Å². The SMILES string of the molecule is CN(C)CCn1nnc(CCN)c1C1CCCC1. The summed E-state index contributed by atoms with van der Waals surface area (Å²) in [4.78, 5) is 2.18. The lowest BCUT2D eigenvalue weighted by Crippen LogP contribution is -2.21. The molecule has 0 bridgehead atoms. The third kappa shape index (κ3) is 3.09. The zero-order valence-corrected chi connectivity index (χ0v) is 11.6. The van der Waals surface area contributed by atoms with Gasteiger partial charge >= 0.3 is 0 Å². The van der Waals surface area contributed by atoms with Crippen molar-refractivity contribution in [3.63, 3.8) is 0 Å². The van der Waals surface area contributed by atoms with Gasteiger partial charge in [0.05, 0.1) is 17.9 Å². The van der Waals surface area contributed by atoms with Gasteiger partial charge in [-0.25, -0.2) is 4.68 Å². The maximum absolute atomic E-state index is 5.67. The summed E-state index contributed by atoms with van der Waals surface area (Å²) in [6.45, 7) is 2.59. The highest BCUT2D eigenvalue weighted by atomic mass is 15.4. The van der Waals surface area contributed by atoms with Gasteiger partial charge in [-0.15, -0.1) is 5.10 Å². The minimum atomic E-state index is 0.656. The van der Waals surface area contributed by atoms with Crippen LogP contribution in [0.1, 0.15) is 43.0 Å². The zero-order valence-electron chi connectivity index (χ0n) is 11.6. The van der Waals surface area contributed by atoms with E-state index in [-0.39, 0.29) is 0 Å². The fourth-order valence-corrected chi connectivity index (χ4v) is 2.78. The highest BCUT2D eigenvalue weighted by molar-refractivity contribution is 5.17. The van der Waals surface area contributed by atoms with E-state index in [9.17, 15) is 0 Å². The summed E-state index contributed by atoms with van der Waals surface area (Å²) in [5, 5.41) is 8.68. The molecule has 1 heterocycles. The monoisotopic (exact) mass is 251 g/mol. The van der Waals surface area contributed by atoms with Gasteiger partial charge < -0.3 is 10.6 Å².